The van der Waals surface area contributed by atoms with Crippen LogP contribution >= 0.6 is 22.9 Å². The number of hydrogen-bond acceptors (Lipinski definition) is 5. The Morgan fingerprint density at radius 1 is 1.50 bits per heavy atom. The van der Waals surface area contributed by atoms with E-state index < -0.39 is 11.7 Å². The predicted molar refractivity (Wildman–Crippen MR) is 79.2 cm³/mol. The van der Waals surface area contributed by atoms with Gasteiger partial charge in [0.25, 0.3) is 0 Å². The van der Waals surface area contributed by atoms with Gasteiger partial charge in [-0.3, -0.25) is 10.00 Å². The summed E-state index contributed by atoms with van der Waals surface area (Å²) in [7, 11) is 1.82. The lowest BCUT2D eigenvalue weighted by molar-refractivity contribution is 0.0636. The van der Waals surface area contributed by atoms with Crippen LogP contribution in [0.5, 0.6) is 0 Å². The number of carbonyl (C=O) groups excluding carboxylic acids is 1. The second-order valence-electron chi connectivity index (χ2n) is 5.14. The normalized spacial score (nSPS) is 11.4. The Hall–Kier alpha value is -1.60. The first-order valence-corrected chi connectivity index (χ1v) is 7.10. The Morgan fingerprint density at radius 3 is 2.75 bits per heavy atom. The highest BCUT2D eigenvalue weighted by Crippen LogP contribution is 2.34. The molecule has 0 spiro atoms. The number of amides is 1. The van der Waals surface area contributed by atoms with Crippen molar-refractivity contribution in [2.24, 2.45) is 7.05 Å². The van der Waals surface area contributed by atoms with Crippen LogP contribution in [0, 0.1) is 0 Å². The largest absolute Gasteiger partial charge is 0.444 e. The van der Waals surface area contributed by atoms with Gasteiger partial charge in [-0.05, 0) is 26.8 Å². The van der Waals surface area contributed by atoms with Crippen molar-refractivity contribution in [1.82, 2.24) is 14.8 Å². The maximum atomic E-state index is 11.7. The van der Waals surface area contributed by atoms with Crippen molar-refractivity contribution in [1.29, 1.82) is 0 Å². The van der Waals surface area contributed by atoms with Gasteiger partial charge in [0, 0.05) is 13.2 Å². The van der Waals surface area contributed by atoms with Crippen LogP contribution in [-0.2, 0) is 11.8 Å². The molecule has 2 rings (SSSR count). The van der Waals surface area contributed by atoms with Crippen molar-refractivity contribution in [2.45, 2.75) is 26.4 Å². The minimum atomic E-state index is -0.564. The average Bonchev–Trinajstić information content (AvgIpc) is 2.84. The Bertz CT molecular complexity index is 630. The SMILES string of the molecule is Cn1ccc(-c2nc(Cl)c(NC(=O)OC(C)(C)C)s2)n1. The summed E-state index contributed by atoms with van der Waals surface area (Å²) < 4.78 is 6.84. The zero-order valence-corrected chi connectivity index (χ0v) is 13.2. The Morgan fingerprint density at radius 2 is 2.20 bits per heavy atom. The van der Waals surface area contributed by atoms with Gasteiger partial charge < -0.3 is 4.74 Å². The summed E-state index contributed by atoms with van der Waals surface area (Å²) in [6.07, 6.45) is 1.25. The fourth-order valence-electron chi connectivity index (χ4n) is 1.41. The van der Waals surface area contributed by atoms with E-state index in [1.165, 1.54) is 11.3 Å². The van der Waals surface area contributed by atoms with E-state index in [0.29, 0.717) is 15.7 Å². The molecule has 0 aliphatic rings. The first kappa shape index (κ1) is 14.8. The third kappa shape index (κ3) is 3.71. The number of carbonyl (C=O) groups is 1. The molecule has 20 heavy (non-hydrogen) atoms. The van der Waals surface area contributed by atoms with Crippen LogP contribution in [0.4, 0.5) is 9.80 Å². The first-order chi connectivity index (χ1) is 9.24. The van der Waals surface area contributed by atoms with Crippen molar-refractivity contribution in [3.63, 3.8) is 0 Å². The van der Waals surface area contributed by atoms with E-state index in [0.717, 1.165) is 0 Å². The summed E-state index contributed by atoms with van der Waals surface area (Å²) in [6, 6.07) is 1.83. The number of aromatic nitrogens is 3. The number of halogens is 1. The van der Waals surface area contributed by atoms with Crippen molar-refractivity contribution in [3.8, 4) is 10.7 Å². The molecule has 0 aromatic carbocycles. The third-order valence-corrected chi connectivity index (χ3v) is 3.51. The van der Waals surface area contributed by atoms with Gasteiger partial charge in [-0.2, -0.15) is 5.10 Å². The van der Waals surface area contributed by atoms with Crippen molar-refractivity contribution in [3.05, 3.63) is 17.4 Å². The molecule has 0 aliphatic carbocycles. The fraction of sp³-hybridized carbons (Fsp3) is 0.417. The van der Waals surface area contributed by atoms with E-state index in [9.17, 15) is 4.79 Å². The van der Waals surface area contributed by atoms with E-state index in [2.05, 4.69) is 15.4 Å². The zero-order chi connectivity index (χ0) is 14.9. The van der Waals surface area contributed by atoms with Crippen LogP contribution in [-0.4, -0.2) is 26.5 Å². The van der Waals surface area contributed by atoms with E-state index >= 15 is 0 Å². The highest BCUT2D eigenvalue weighted by molar-refractivity contribution is 7.19. The number of thiazole rings is 1. The predicted octanol–water partition coefficient (Wildman–Crippen LogP) is 3.54. The maximum absolute atomic E-state index is 11.7. The molecule has 0 unspecified atom stereocenters. The molecule has 0 radical (unpaired) electrons. The lowest BCUT2D eigenvalue weighted by Crippen LogP contribution is -2.27. The molecular weight excluding hydrogens is 300 g/mol. The number of anilines is 1. The Balaban J connectivity index is 2.14. The molecular formula is C12H15ClN4O2S. The molecule has 8 heteroatoms. The molecule has 1 N–H and O–H groups in total. The number of hydrogen-bond donors (Lipinski definition) is 1. The van der Waals surface area contributed by atoms with Gasteiger partial charge in [0.05, 0.1) is 0 Å². The van der Waals surface area contributed by atoms with E-state index in [1.54, 1.807) is 25.5 Å². The van der Waals surface area contributed by atoms with E-state index in [1.807, 2.05) is 19.3 Å². The first-order valence-electron chi connectivity index (χ1n) is 5.91. The molecule has 0 aliphatic heterocycles. The molecule has 0 saturated carbocycles. The fourth-order valence-corrected chi connectivity index (χ4v) is 2.52. The number of rotatable bonds is 2. The van der Waals surface area contributed by atoms with Crippen LogP contribution in [0.25, 0.3) is 10.7 Å². The summed E-state index contributed by atoms with van der Waals surface area (Å²) in [5.74, 6) is 0. The Kier molecular flexibility index (Phi) is 4.01. The topological polar surface area (TPSA) is 69.0 Å². The summed E-state index contributed by atoms with van der Waals surface area (Å²) in [5, 5.41) is 8.14. The molecule has 2 aromatic heterocycles. The number of nitrogens with zero attached hydrogens (tertiary/aromatic N) is 3. The highest BCUT2D eigenvalue weighted by Gasteiger charge is 2.19. The van der Waals surface area contributed by atoms with Crippen molar-refractivity contribution < 1.29 is 9.53 Å². The molecule has 108 valence electrons. The summed E-state index contributed by atoms with van der Waals surface area (Å²) in [6.45, 7) is 5.38. The highest BCUT2D eigenvalue weighted by atomic mass is 35.5. The minimum absolute atomic E-state index is 0.224. The molecule has 0 fully saturated rings. The summed E-state index contributed by atoms with van der Waals surface area (Å²) >= 11 is 7.26. The molecule has 2 heterocycles. The lowest BCUT2D eigenvalue weighted by Gasteiger charge is -2.19. The monoisotopic (exact) mass is 314 g/mol. The van der Waals surface area contributed by atoms with Gasteiger partial charge in [-0.15, -0.1) is 0 Å². The van der Waals surface area contributed by atoms with Crippen LogP contribution in [0.3, 0.4) is 0 Å². The Labute approximate surface area is 125 Å². The van der Waals surface area contributed by atoms with Crippen LogP contribution in [0.2, 0.25) is 5.15 Å². The van der Waals surface area contributed by atoms with Gasteiger partial charge in [0.2, 0.25) is 0 Å². The average molecular weight is 315 g/mol. The smallest absolute Gasteiger partial charge is 0.412 e. The van der Waals surface area contributed by atoms with Crippen LogP contribution < -0.4 is 5.32 Å². The van der Waals surface area contributed by atoms with Gasteiger partial charge in [0.1, 0.15) is 21.3 Å². The molecule has 6 nitrogen and oxygen atoms in total. The minimum Gasteiger partial charge on any atom is -0.444 e. The van der Waals surface area contributed by atoms with Gasteiger partial charge in [-0.25, -0.2) is 9.78 Å². The standard InChI is InChI=1S/C12H15ClN4O2S/c1-12(2,3)19-11(18)15-10-8(13)14-9(20-10)7-5-6-17(4)16-7/h5-6H,1-4H3,(H,15,18). The zero-order valence-electron chi connectivity index (χ0n) is 11.6. The second kappa shape index (κ2) is 5.41. The molecule has 2 aromatic rings. The van der Waals surface area contributed by atoms with Crippen LogP contribution in [0.1, 0.15) is 20.8 Å². The molecule has 1 amide bonds. The van der Waals surface area contributed by atoms with Crippen LogP contribution in [0.15, 0.2) is 12.3 Å². The second-order valence-corrected chi connectivity index (χ2v) is 6.50. The third-order valence-electron chi connectivity index (χ3n) is 2.13. The number of ether oxygens (including phenoxy) is 1. The molecule has 0 atom stereocenters. The number of nitrogens with one attached hydrogen (secondary N) is 1. The number of aryl methyl sites for hydroxylation is 1. The van der Waals surface area contributed by atoms with Gasteiger partial charge >= 0.3 is 6.09 Å². The molecule has 0 saturated heterocycles. The summed E-state index contributed by atoms with van der Waals surface area (Å²) in [5.41, 5.74) is 0.141. The lowest BCUT2D eigenvalue weighted by atomic mass is 10.2. The van der Waals surface area contributed by atoms with E-state index in [-0.39, 0.29) is 5.15 Å². The quantitative estimate of drug-likeness (QED) is 0.920. The van der Waals surface area contributed by atoms with Gasteiger partial charge in [-0.1, -0.05) is 22.9 Å². The van der Waals surface area contributed by atoms with Crippen molar-refractivity contribution >= 4 is 34.0 Å². The maximum Gasteiger partial charge on any atom is 0.412 e. The van der Waals surface area contributed by atoms with E-state index in [4.69, 9.17) is 16.3 Å². The molecule has 0 bridgehead atoms. The van der Waals surface area contributed by atoms with Crippen molar-refractivity contribution in [2.75, 3.05) is 5.32 Å². The summed E-state index contributed by atoms with van der Waals surface area (Å²) in [4.78, 5) is 15.9. The van der Waals surface area contributed by atoms with Gasteiger partial charge in [0.15, 0.2) is 5.15 Å².